The Bertz CT molecular complexity index is 538. The van der Waals surface area contributed by atoms with Crippen LogP contribution in [-0.4, -0.2) is 31.6 Å². The van der Waals surface area contributed by atoms with E-state index >= 15 is 0 Å². The van der Waals surface area contributed by atoms with Gasteiger partial charge < -0.3 is 9.64 Å². The van der Waals surface area contributed by atoms with E-state index in [-0.39, 0.29) is 21.5 Å². The van der Waals surface area contributed by atoms with Crippen molar-refractivity contribution in [2.45, 2.75) is 6.92 Å². The van der Waals surface area contributed by atoms with E-state index in [1.807, 2.05) is 0 Å². The van der Waals surface area contributed by atoms with Gasteiger partial charge in [-0.25, -0.2) is 4.39 Å². The zero-order chi connectivity index (χ0) is 15.4. The minimum Gasteiger partial charge on any atom is -0.469 e. The first-order chi connectivity index (χ1) is 9.27. The van der Waals surface area contributed by atoms with Crippen molar-refractivity contribution in [3.63, 3.8) is 0 Å². The van der Waals surface area contributed by atoms with Crippen molar-refractivity contribution >= 4 is 39.9 Å². The number of benzene rings is 1. The van der Waals surface area contributed by atoms with E-state index in [0.29, 0.717) is 0 Å². The third kappa shape index (κ3) is 3.78. The van der Waals surface area contributed by atoms with E-state index in [4.69, 9.17) is 0 Å². The van der Waals surface area contributed by atoms with Crippen LogP contribution in [-0.2, 0) is 9.53 Å². The second-order valence-corrected chi connectivity index (χ2v) is 5.48. The molecule has 0 fully saturated rings. The number of esters is 1. The smallest absolute Gasteiger partial charge is 0.310 e. The number of nitro groups is 1. The van der Waals surface area contributed by atoms with Crippen LogP contribution in [0, 0.1) is 25.4 Å². The summed E-state index contributed by atoms with van der Waals surface area (Å²) >= 11 is 1.69. The first-order valence-corrected chi connectivity index (χ1v) is 6.78. The summed E-state index contributed by atoms with van der Waals surface area (Å²) in [5.74, 6) is -1.44. The average Bonchev–Trinajstić information content (AvgIpc) is 2.39. The molecule has 0 radical (unpaired) electrons. The van der Waals surface area contributed by atoms with Crippen molar-refractivity contribution in [1.29, 1.82) is 0 Å². The number of carbonyl (C=O) groups excluding carboxylic acids is 1. The van der Waals surface area contributed by atoms with E-state index in [1.54, 1.807) is 36.6 Å². The summed E-state index contributed by atoms with van der Waals surface area (Å²) in [6, 6.07) is 2.27. The molecule has 1 atom stereocenters. The summed E-state index contributed by atoms with van der Waals surface area (Å²) in [4.78, 5) is 23.3. The van der Waals surface area contributed by atoms with Gasteiger partial charge in [0.2, 0.25) is 0 Å². The molecular weight excluding hydrogens is 382 g/mol. The van der Waals surface area contributed by atoms with E-state index in [1.165, 1.54) is 18.1 Å². The summed E-state index contributed by atoms with van der Waals surface area (Å²) in [5, 5.41) is 11.0. The minimum absolute atomic E-state index is 0.128. The Morgan fingerprint density at radius 2 is 2.20 bits per heavy atom. The molecule has 0 aliphatic heterocycles. The van der Waals surface area contributed by atoms with Gasteiger partial charge in [0.25, 0.3) is 5.69 Å². The number of ether oxygens (including phenoxy) is 1. The highest BCUT2D eigenvalue weighted by atomic mass is 127. The fraction of sp³-hybridized carbons (Fsp3) is 0.417. The largest absolute Gasteiger partial charge is 0.469 e. The Hall–Kier alpha value is -1.45. The summed E-state index contributed by atoms with van der Waals surface area (Å²) < 4.78 is 18.4. The Morgan fingerprint density at radius 3 is 2.70 bits per heavy atom. The van der Waals surface area contributed by atoms with Gasteiger partial charge in [0.1, 0.15) is 11.5 Å². The van der Waals surface area contributed by atoms with Crippen LogP contribution in [0.5, 0.6) is 0 Å². The number of methoxy groups -OCH3 is 1. The zero-order valence-electron chi connectivity index (χ0n) is 11.2. The maximum absolute atomic E-state index is 13.6. The zero-order valence-corrected chi connectivity index (χ0v) is 13.4. The maximum atomic E-state index is 13.6. The molecule has 0 N–H and O–H groups in total. The standard InChI is InChI=1S/C12H14FIN2O4/c1-7(12(17)20-3)6-15(2)10-4-8(13)9(14)5-11(10)16(18)19/h4-5,7H,6H2,1-3H3. The van der Waals surface area contributed by atoms with E-state index in [9.17, 15) is 19.3 Å². The van der Waals surface area contributed by atoms with Crippen LogP contribution in [0.3, 0.4) is 0 Å². The highest BCUT2D eigenvalue weighted by molar-refractivity contribution is 14.1. The lowest BCUT2D eigenvalue weighted by Crippen LogP contribution is -2.29. The van der Waals surface area contributed by atoms with Gasteiger partial charge in [-0.05, 0) is 22.6 Å². The Balaban J connectivity index is 3.08. The number of halogens is 2. The van der Waals surface area contributed by atoms with Crippen molar-refractivity contribution in [2.24, 2.45) is 5.92 Å². The van der Waals surface area contributed by atoms with Crippen molar-refractivity contribution < 1.29 is 18.8 Å². The van der Waals surface area contributed by atoms with Crippen LogP contribution in [0.15, 0.2) is 12.1 Å². The predicted molar refractivity (Wildman–Crippen MR) is 80.2 cm³/mol. The van der Waals surface area contributed by atoms with Crippen molar-refractivity contribution in [3.05, 3.63) is 31.6 Å². The third-order valence-corrected chi connectivity index (χ3v) is 3.60. The number of hydrogen-bond donors (Lipinski definition) is 0. The Kier molecular flexibility index (Phi) is 5.66. The van der Waals surface area contributed by atoms with Crippen LogP contribution in [0.1, 0.15) is 6.92 Å². The summed E-state index contributed by atoms with van der Waals surface area (Å²) in [5.41, 5.74) is -0.0703. The van der Waals surface area contributed by atoms with Gasteiger partial charge >= 0.3 is 5.97 Å². The SMILES string of the molecule is COC(=O)C(C)CN(C)c1cc(F)c(I)cc1[N+](=O)[O-]. The molecule has 0 saturated carbocycles. The molecule has 1 aromatic rings. The number of carbonyl (C=O) groups is 1. The van der Waals surface area contributed by atoms with Crippen LogP contribution < -0.4 is 4.90 Å². The van der Waals surface area contributed by atoms with Gasteiger partial charge in [-0.1, -0.05) is 6.92 Å². The Morgan fingerprint density at radius 1 is 1.60 bits per heavy atom. The fourth-order valence-corrected chi connectivity index (χ4v) is 2.21. The third-order valence-electron chi connectivity index (χ3n) is 2.78. The predicted octanol–water partition coefficient (Wildman–Crippen LogP) is 2.58. The maximum Gasteiger partial charge on any atom is 0.310 e. The van der Waals surface area contributed by atoms with Gasteiger partial charge in [-0.15, -0.1) is 0 Å². The minimum atomic E-state index is -0.573. The molecule has 8 heteroatoms. The Labute approximate surface area is 129 Å². The van der Waals surface area contributed by atoms with E-state index < -0.39 is 22.6 Å². The number of anilines is 1. The van der Waals surface area contributed by atoms with Gasteiger partial charge in [0, 0.05) is 25.7 Å². The lowest BCUT2D eigenvalue weighted by molar-refractivity contribution is -0.384. The second-order valence-electron chi connectivity index (χ2n) is 4.32. The summed E-state index contributed by atoms with van der Waals surface area (Å²) in [6.07, 6.45) is 0. The van der Waals surface area contributed by atoms with Crippen LogP contribution in [0.25, 0.3) is 0 Å². The van der Waals surface area contributed by atoms with Crippen molar-refractivity contribution in [1.82, 2.24) is 0 Å². The van der Waals surface area contributed by atoms with Gasteiger partial charge in [-0.3, -0.25) is 14.9 Å². The summed E-state index contributed by atoms with van der Waals surface area (Å²) in [7, 11) is 2.83. The lowest BCUT2D eigenvalue weighted by Gasteiger charge is -2.22. The molecule has 0 spiro atoms. The molecule has 0 aromatic heterocycles. The van der Waals surface area contributed by atoms with Crippen molar-refractivity contribution in [2.75, 3.05) is 25.6 Å². The molecular formula is C12H14FIN2O4. The topological polar surface area (TPSA) is 72.7 Å². The average molecular weight is 396 g/mol. The normalized spacial score (nSPS) is 11.8. The molecule has 0 heterocycles. The van der Waals surface area contributed by atoms with Crippen LogP contribution >= 0.6 is 22.6 Å². The number of nitrogens with zero attached hydrogens (tertiary/aromatic N) is 2. The molecule has 0 saturated heterocycles. The molecule has 6 nitrogen and oxygen atoms in total. The first kappa shape index (κ1) is 16.6. The molecule has 0 aliphatic carbocycles. The summed E-state index contributed by atoms with van der Waals surface area (Å²) in [6.45, 7) is 1.82. The quantitative estimate of drug-likeness (QED) is 0.331. The van der Waals surface area contributed by atoms with E-state index in [0.717, 1.165) is 6.07 Å². The fourth-order valence-electron chi connectivity index (χ4n) is 1.76. The van der Waals surface area contributed by atoms with Crippen LogP contribution in [0.2, 0.25) is 0 Å². The molecule has 0 aliphatic rings. The molecule has 1 aromatic carbocycles. The lowest BCUT2D eigenvalue weighted by atomic mass is 10.1. The molecule has 20 heavy (non-hydrogen) atoms. The molecule has 110 valence electrons. The van der Waals surface area contributed by atoms with Crippen molar-refractivity contribution in [3.8, 4) is 0 Å². The van der Waals surface area contributed by atoms with Crippen LogP contribution in [0.4, 0.5) is 15.8 Å². The van der Waals surface area contributed by atoms with Gasteiger partial charge in [0.15, 0.2) is 0 Å². The number of nitro benzene ring substituents is 1. The highest BCUT2D eigenvalue weighted by Crippen LogP contribution is 2.31. The van der Waals surface area contributed by atoms with E-state index in [2.05, 4.69) is 4.74 Å². The molecule has 0 amide bonds. The number of rotatable bonds is 5. The highest BCUT2D eigenvalue weighted by Gasteiger charge is 2.23. The van der Waals surface area contributed by atoms with Gasteiger partial charge in [-0.2, -0.15) is 0 Å². The molecule has 0 bridgehead atoms. The first-order valence-electron chi connectivity index (χ1n) is 5.70. The second kappa shape index (κ2) is 6.82. The molecule has 1 unspecified atom stereocenters. The van der Waals surface area contributed by atoms with Gasteiger partial charge in [0.05, 0.1) is 21.5 Å². The number of hydrogen-bond acceptors (Lipinski definition) is 5. The monoisotopic (exact) mass is 396 g/mol. The molecule has 1 rings (SSSR count).